The quantitative estimate of drug-likeness (QED) is 0.546. The van der Waals surface area contributed by atoms with Crippen LogP contribution in [-0.2, 0) is 4.79 Å². The van der Waals surface area contributed by atoms with Crippen molar-refractivity contribution in [3.05, 3.63) is 53.9 Å². The Morgan fingerprint density at radius 1 is 1.19 bits per heavy atom. The first-order chi connectivity index (χ1) is 15.0. The monoisotopic (exact) mass is 420 g/mol. The molecule has 0 aliphatic heterocycles. The van der Waals surface area contributed by atoms with Gasteiger partial charge in [-0.1, -0.05) is 12.1 Å². The predicted octanol–water partition coefficient (Wildman–Crippen LogP) is 5.14. The highest BCUT2D eigenvalue weighted by molar-refractivity contribution is 5.75. The third-order valence-electron chi connectivity index (χ3n) is 6.08. The van der Waals surface area contributed by atoms with Crippen LogP contribution in [0.5, 0.6) is 11.5 Å². The zero-order valence-electron chi connectivity index (χ0n) is 18.0. The summed E-state index contributed by atoms with van der Waals surface area (Å²) in [5.41, 5.74) is 2.61. The van der Waals surface area contributed by atoms with Crippen molar-refractivity contribution in [1.29, 1.82) is 0 Å². The number of amides is 1. The lowest BCUT2D eigenvalue weighted by molar-refractivity contribution is -0.119. The lowest BCUT2D eigenvalue weighted by atomic mass is 9.82. The molecule has 1 unspecified atom stereocenters. The minimum atomic E-state index is -0.0686. The highest BCUT2D eigenvalue weighted by atomic mass is 16.5. The zero-order chi connectivity index (χ0) is 21.4. The fourth-order valence-corrected chi connectivity index (χ4v) is 3.98. The number of carbonyl (C=O) groups is 1. The van der Waals surface area contributed by atoms with Crippen molar-refractivity contribution in [1.82, 2.24) is 10.3 Å². The molecule has 2 aliphatic rings. The molecule has 5 rings (SSSR count). The summed E-state index contributed by atoms with van der Waals surface area (Å²) in [7, 11) is 0. The molecule has 0 radical (unpaired) electrons. The van der Waals surface area contributed by atoms with Gasteiger partial charge in [-0.2, -0.15) is 0 Å². The minimum absolute atomic E-state index is 0.0496. The zero-order valence-corrected chi connectivity index (χ0v) is 18.0. The van der Waals surface area contributed by atoms with Gasteiger partial charge in [0.25, 0.3) is 0 Å². The highest BCUT2D eigenvalue weighted by Crippen LogP contribution is 2.40. The molecular formula is C25H28N2O4. The standard InChI is InChI=1S/C25H28N2O4/c1-15(26-16(2)28)18-8-9-23-24(12-18)31-25(27-23)19-10-22(11-19)30-21-5-3-4-20(13-21)29-14-17-6-7-17/h3-5,8-9,12-13,15,17,19,22H,6-7,10-11,14H2,1-2H3,(H,26,28). The number of nitrogens with zero attached hydrogens (tertiary/aromatic N) is 1. The normalized spacial score (nSPS) is 21.4. The second-order valence-electron chi connectivity index (χ2n) is 8.84. The van der Waals surface area contributed by atoms with Crippen LogP contribution in [0, 0.1) is 5.92 Å². The Bertz CT molecular complexity index is 1080. The lowest BCUT2D eigenvalue weighted by Crippen LogP contribution is -2.32. The van der Waals surface area contributed by atoms with E-state index < -0.39 is 0 Å². The van der Waals surface area contributed by atoms with Crippen LogP contribution in [0.3, 0.4) is 0 Å². The van der Waals surface area contributed by atoms with Gasteiger partial charge in [0.15, 0.2) is 11.5 Å². The summed E-state index contributed by atoms with van der Waals surface area (Å²) < 4.78 is 18.0. The maximum atomic E-state index is 11.3. The van der Waals surface area contributed by atoms with Gasteiger partial charge in [-0.25, -0.2) is 4.98 Å². The Morgan fingerprint density at radius 2 is 2.00 bits per heavy atom. The molecule has 2 aliphatic carbocycles. The number of hydrogen-bond donors (Lipinski definition) is 1. The van der Waals surface area contributed by atoms with E-state index in [1.807, 2.05) is 49.4 Å². The summed E-state index contributed by atoms with van der Waals surface area (Å²) in [6.07, 6.45) is 4.49. The molecule has 31 heavy (non-hydrogen) atoms. The molecule has 6 heteroatoms. The first kappa shape index (κ1) is 19.9. The summed E-state index contributed by atoms with van der Waals surface area (Å²) in [4.78, 5) is 16.0. The van der Waals surface area contributed by atoms with E-state index in [4.69, 9.17) is 13.9 Å². The average Bonchev–Trinajstić information content (AvgIpc) is 3.45. The Hall–Kier alpha value is -3.02. The molecule has 162 valence electrons. The molecule has 0 saturated heterocycles. The van der Waals surface area contributed by atoms with Crippen molar-refractivity contribution in [3.8, 4) is 11.5 Å². The maximum absolute atomic E-state index is 11.3. The van der Waals surface area contributed by atoms with Crippen molar-refractivity contribution < 1.29 is 18.7 Å². The molecule has 1 aromatic heterocycles. The number of ether oxygens (including phenoxy) is 2. The van der Waals surface area contributed by atoms with E-state index in [0.29, 0.717) is 0 Å². The first-order valence-corrected chi connectivity index (χ1v) is 11.1. The van der Waals surface area contributed by atoms with Gasteiger partial charge in [-0.3, -0.25) is 4.79 Å². The Labute approximate surface area is 181 Å². The molecule has 2 aromatic carbocycles. The summed E-state index contributed by atoms with van der Waals surface area (Å²) in [6, 6.07) is 13.8. The van der Waals surface area contributed by atoms with E-state index in [1.165, 1.54) is 19.8 Å². The smallest absolute Gasteiger partial charge is 0.217 e. The van der Waals surface area contributed by atoms with Crippen LogP contribution in [0.4, 0.5) is 0 Å². The Kier molecular flexibility index (Phi) is 5.30. The van der Waals surface area contributed by atoms with Crippen molar-refractivity contribution in [2.24, 2.45) is 5.92 Å². The average molecular weight is 421 g/mol. The molecule has 0 spiro atoms. The number of benzene rings is 2. The summed E-state index contributed by atoms with van der Waals surface area (Å²) in [5, 5.41) is 2.90. The molecular weight excluding hydrogens is 392 g/mol. The van der Waals surface area contributed by atoms with E-state index in [-0.39, 0.29) is 24.0 Å². The van der Waals surface area contributed by atoms with E-state index in [0.717, 1.165) is 59.4 Å². The van der Waals surface area contributed by atoms with E-state index >= 15 is 0 Å². The molecule has 3 aromatic rings. The van der Waals surface area contributed by atoms with Gasteiger partial charge >= 0.3 is 0 Å². The van der Waals surface area contributed by atoms with Gasteiger partial charge in [0.2, 0.25) is 5.91 Å². The highest BCUT2D eigenvalue weighted by Gasteiger charge is 2.35. The molecule has 0 bridgehead atoms. The summed E-state index contributed by atoms with van der Waals surface area (Å²) in [5.74, 6) is 3.45. The van der Waals surface area contributed by atoms with Gasteiger partial charge in [-0.05, 0) is 68.4 Å². The number of fused-ring (bicyclic) bond motifs is 1. The van der Waals surface area contributed by atoms with Crippen molar-refractivity contribution in [2.75, 3.05) is 6.61 Å². The van der Waals surface area contributed by atoms with Crippen molar-refractivity contribution >= 4 is 17.0 Å². The largest absolute Gasteiger partial charge is 0.493 e. The van der Waals surface area contributed by atoms with Gasteiger partial charge in [-0.15, -0.1) is 0 Å². The second kappa shape index (κ2) is 8.25. The van der Waals surface area contributed by atoms with Crippen molar-refractivity contribution in [3.63, 3.8) is 0 Å². The molecule has 1 atom stereocenters. The minimum Gasteiger partial charge on any atom is -0.493 e. The number of aromatic nitrogens is 1. The fraction of sp³-hybridized carbons (Fsp3) is 0.440. The number of nitrogens with one attached hydrogen (secondary N) is 1. The number of carbonyl (C=O) groups excluding carboxylic acids is 1. The van der Waals surface area contributed by atoms with Crippen LogP contribution in [0.1, 0.15) is 62.9 Å². The predicted molar refractivity (Wildman–Crippen MR) is 117 cm³/mol. The van der Waals surface area contributed by atoms with Gasteiger partial charge in [0.1, 0.15) is 23.1 Å². The fourth-order valence-electron chi connectivity index (χ4n) is 3.98. The van der Waals surface area contributed by atoms with Gasteiger partial charge < -0.3 is 19.2 Å². The maximum Gasteiger partial charge on any atom is 0.217 e. The van der Waals surface area contributed by atoms with E-state index in [1.54, 1.807) is 0 Å². The number of rotatable bonds is 8. The summed E-state index contributed by atoms with van der Waals surface area (Å²) >= 11 is 0. The van der Waals surface area contributed by atoms with Crippen LogP contribution in [-0.4, -0.2) is 23.6 Å². The third-order valence-corrected chi connectivity index (χ3v) is 6.08. The SMILES string of the molecule is CC(=O)NC(C)c1ccc2nc(C3CC(Oc4cccc(OCC5CC5)c4)C3)oc2c1. The third kappa shape index (κ3) is 4.68. The van der Waals surface area contributed by atoms with Gasteiger partial charge in [0, 0.05) is 18.9 Å². The van der Waals surface area contributed by atoms with Gasteiger partial charge in [0.05, 0.1) is 12.6 Å². The molecule has 2 saturated carbocycles. The van der Waals surface area contributed by atoms with Crippen LogP contribution in [0.2, 0.25) is 0 Å². The first-order valence-electron chi connectivity index (χ1n) is 11.1. The molecule has 1 N–H and O–H groups in total. The van der Waals surface area contributed by atoms with Crippen molar-refractivity contribution in [2.45, 2.75) is 57.6 Å². The topological polar surface area (TPSA) is 73.6 Å². The Balaban J connectivity index is 1.18. The van der Waals surface area contributed by atoms with Crippen LogP contribution < -0.4 is 14.8 Å². The number of oxazole rings is 1. The summed E-state index contributed by atoms with van der Waals surface area (Å²) in [6.45, 7) is 4.28. The molecule has 2 fully saturated rings. The second-order valence-corrected chi connectivity index (χ2v) is 8.84. The van der Waals surface area contributed by atoms with E-state index in [2.05, 4.69) is 10.3 Å². The molecule has 6 nitrogen and oxygen atoms in total. The molecule has 1 amide bonds. The Morgan fingerprint density at radius 3 is 2.77 bits per heavy atom. The van der Waals surface area contributed by atoms with Crippen LogP contribution >= 0.6 is 0 Å². The number of hydrogen-bond acceptors (Lipinski definition) is 5. The molecule has 1 heterocycles. The van der Waals surface area contributed by atoms with Crippen LogP contribution in [0.15, 0.2) is 46.9 Å². The van der Waals surface area contributed by atoms with E-state index in [9.17, 15) is 4.79 Å². The van der Waals surface area contributed by atoms with Crippen LogP contribution in [0.25, 0.3) is 11.1 Å². The lowest BCUT2D eigenvalue weighted by Gasteiger charge is -2.33.